The smallest absolute Gasteiger partial charge is 0.417 e. The van der Waals surface area contributed by atoms with Gasteiger partial charge >= 0.3 is 6.18 Å². The zero-order valence-electron chi connectivity index (χ0n) is 17.8. The van der Waals surface area contributed by atoms with E-state index in [1.54, 1.807) is 36.4 Å². The Balaban J connectivity index is 1.34. The molecule has 1 aliphatic rings. The van der Waals surface area contributed by atoms with Crippen LogP contribution in [0.2, 0.25) is 0 Å². The highest BCUT2D eigenvalue weighted by Gasteiger charge is 2.57. The Kier molecular flexibility index (Phi) is 5.36. The lowest BCUT2D eigenvalue weighted by Crippen LogP contribution is -2.42. The van der Waals surface area contributed by atoms with Crippen molar-refractivity contribution in [1.82, 2.24) is 15.0 Å². The number of benzene rings is 2. The molecule has 1 fully saturated rings. The molecule has 34 heavy (non-hydrogen) atoms. The summed E-state index contributed by atoms with van der Waals surface area (Å²) in [6.45, 7) is 0. The van der Waals surface area contributed by atoms with Crippen LogP contribution in [0.15, 0.2) is 66.9 Å². The molecule has 2 atom stereocenters. The molecule has 0 unspecified atom stereocenters. The van der Waals surface area contributed by atoms with E-state index in [2.05, 4.69) is 15.0 Å². The minimum absolute atomic E-state index is 0.170. The number of alkyl halides is 3. The van der Waals surface area contributed by atoms with E-state index in [0.29, 0.717) is 22.4 Å². The summed E-state index contributed by atoms with van der Waals surface area (Å²) in [6.07, 6.45) is -3.84. The number of nitrogens with zero attached hydrogens (tertiary/aromatic N) is 2. The first-order valence-electron chi connectivity index (χ1n) is 10.7. The number of imidazole rings is 1. The van der Waals surface area contributed by atoms with Crippen molar-refractivity contribution < 1.29 is 27.8 Å². The number of ketones is 1. The van der Waals surface area contributed by atoms with Crippen molar-refractivity contribution in [3.05, 3.63) is 83.8 Å². The third-order valence-electron chi connectivity index (χ3n) is 6.19. The van der Waals surface area contributed by atoms with Gasteiger partial charge in [0, 0.05) is 17.3 Å². The van der Waals surface area contributed by atoms with Crippen LogP contribution < -0.4 is 4.74 Å². The highest BCUT2D eigenvalue weighted by atomic mass is 19.4. The number of pyridine rings is 1. The van der Waals surface area contributed by atoms with Crippen LogP contribution in [0.25, 0.3) is 11.0 Å². The number of aliphatic hydroxyl groups is 1. The molecule has 1 saturated carbocycles. The molecule has 2 aromatic heterocycles. The van der Waals surface area contributed by atoms with Gasteiger partial charge in [-0.1, -0.05) is 18.2 Å². The molecule has 2 aromatic carbocycles. The molecule has 174 valence electrons. The number of hydrogen-bond acceptors (Lipinski definition) is 5. The number of H-pyrrole nitrogens is 1. The number of aromatic nitrogens is 3. The summed E-state index contributed by atoms with van der Waals surface area (Å²) in [4.78, 5) is 24.3. The van der Waals surface area contributed by atoms with Crippen LogP contribution in [0.4, 0.5) is 13.2 Å². The van der Waals surface area contributed by atoms with E-state index in [4.69, 9.17) is 4.74 Å². The number of para-hydroxylation sites is 2. The summed E-state index contributed by atoms with van der Waals surface area (Å²) < 4.78 is 45.6. The van der Waals surface area contributed by atoms with Gasteiger partial charge in [-0.15, -0.1) is 0 Å². The van der Waals surface area contributed by atoms with E-state index in [1.165, 1.54) is 6.20 Å². The second-order valence-electron chi connectivity index (χ2n) is 8.42. The van der Waals surface area contributed by atoms with Crippen molar-refractivity contribution in [2.45, 2.75) is 37.0 Å². The normalized spacial score (nSPS) is 20.5. The van der Waals surface area contributed by atoms with Gasteiger partial charge in [0.15, 0.2) is 11.4 Å². The topological polar surface area (TPSA) is 88.1 Å². The zero-order chi connectivity index (χ0) is 23.9. The van der Waals surface area contributed by atoms with Gasteiger partial charge < -0.3 is 14.8 Å². The largest absolute Gasteiger partial charge is 0.439 e. The van der Waals surface area contributed by atoms with Crippen LogP contribution >= 0.6 is 0 Å². The standard InChI is InChI=1S/C25H20F3N3O3/c26-25(27,28)24(33)12-11-16(14-24)18-4-3-13-29-23(18)34-17-9-7-15(8-10-17)21(32)22-30-19-5-1-2-6-20(19)31-22/h1-10,13,16,33H,11-12,14H2,(H,30,31)/t16-,24-/m0/s1. The third kappa shape index (κ3) is 4.03. The summed E-state index contributed by atoms with van der Waals surface area (Å²) >= 11 is 0. The summed E-state index contributed by atoms with van der Waals surface area (Å²) in [6, 6.07) is 17.0. The average Bonchev–Trinajstić information content (AvgIpc) is 3.44. The van der Waals surface area contributed by atoms with Gasteiger partial charge in [-0.3, -0.25) is 4.79 Å². The summed E-state index contributed by atoms with van der Waals surface area (Å²) in [5.41, 5.74) is -0.344. The van der Waals surface area contributed by atoms with Crippen molar-refractivity contribution in [2.24, 2.45) is 0 Å². The van der Waals surface area contributed by atoms with Gasteiger partial charge in [-0.2, -0.15) is 13.2 Å². The highest BCUT2D eigenvalue weighted by molar-refractivity contribution is 6.08. The van der Waals surface area contributed by atoms with Crippen LogP contribution in [-0.4, -0.2) is 37.6 Å². The van der Waals surface area contributed by atoms with E-state index in [-0.39, 0.29) is 30.3 Å². The maximum Gasteiger partial charge on any atom is 0.417 e. The van der Waals surface area contributed by atoms with Gasteiger partial charge in [-0.25, -0.2) is 9.97 Å². The summed E-state index contributed by atoms with van der Waals surface area (Å²) in [5.74, 6) is -0.0383. The Morgan fingerprint density at radius 3 is 2.56 bits per heavy atom. The van der Waals surface area contributed by atoms with Gasteiger partial charge in [-0.05, 0) is 67.6 Å². The molecule has 9 heteroatoms. The predicted octanol–water partition coefficient (Wildman–Crippen LogP) is 5.54. The van der Waals surface area contributed by atoms with Crippen LogP contribution in [-0.2, 0) is 0 Å². The first-order valence-corrected chi connectivity index (χ1v) is 10.7. The summed E-state index contributed by atoms with van der Waals surface area (Å²) in [7, 11) is 0. The van der Waals surface area contributed by atoms with E-state index in [1.807, 2.05) is 24.3 Å². The molecule has 0 spiro atoms. The molecular formula is C25H20F3N3O3. The third-order valence-corrected chi connectivity index (χ3v) is 6.19. The van der Waals surface area contributed by atoms with Crippen LogP contribution in [0, 0.1) is 0 Å². The van der Waals surface area contributed by atoms with Gasteiger partial charge in [0.05, 0.1) is 11.0 Å². The molecule has 0 saturated heterocycles. The Bertz CT molecular complexity index is 1320. The fourth-order valence-electron chi connectivity index (χ4n) is 4.33. The number of halogens is 3. The van der Waals surface area contributed by atoms with Gasteiger partial charge in [0.2, 0.25) is 11.7 Å². The van der Waals surface area contributed by atoms with Crippen molar-refractivity contribution in [3.8, 4) is 11.6 Å². The van der Waals surface area contributed by atoms with Crippen LogP contribution in [0.5, 0.6) is 11.6 Å². The zero-order valence-corrected chi connectivity index (χ0v) is 17.8. The lowest BCUT2D eigenvalue weighted by Gasteiger charge is -2.26. The van der Waals surface area contributed by atoms with Gasteiger partial charge in [0.25, 0.3) is 0 Å². The summed E-state index contributed by atoms with van der Waals surface area (Å²) in [5, 5.41) is 10.0. The first kappa shape index (κ1) is 22.1. The molecule has 2 heterocycles. The Labute approximate surface area is 192 Å². The highest BCUT2D eigenvalue weighted by Crippen LogP contribution is 2.50. The van der Waals surface area contributed by atoms with Crippen molar-refractivity contribution in [3.63, 3.8) is 0 Å². The van der Waals surface area contributed by atoms with Crippen LogP contribution in [0.3, 0.4) is 0 Å². The van der Waals surface area contributed by atoms with Crippen molar-refractivity contribution in [1.29, 1.82) is 0 Å². The van der Waals surface area contributed by atoms with Crippen molar-refractivity contribution >= 4 is 16.8 Å². The van der Waals surface area contributed by atoms with E-state index < -0.39 is 24.1 Å². The molecule has 1 aliphatic carbocycles. The second-order valence-corrected chi connectivity index (χ2v) is 8.42. The molecule has 0 radical (unpaired) electrons. The Morgan fingerprint density at radius 2 is 1.85 bits per heavy atom. The maximum absolute atomic E-state index is 13.2. The molecule has 0 bridgehead atoms. The number of nitrogens with one attached hydrogen (secondary N) is 1. The molecule has 5 rings (SSSR count). The number of hydrogen-bond donors (Lipinski definition) is 2. The number of carbonyl (C=O) groups excluding carboxylic acids is 1. The maximum atomic E-state index is 13.2. The number of carbonyl (C=O) groups is 1. The number of rotatable bonds is 5. The Hall–Kier alpha value is -3.72. The molecular weight excluding hydrogens is 447 g/mol. The van der Waals surface area contributed by atoms with E-state index in [9.17, 15) is 23.1 Å². The lowest BCUT2D eigenvalue weighted by molar-refractivity contribution is -0.257. The average molecular weight is 467 g/mol. The Morgan fingerprint density at radius 1 is 1.09 bits per heavy atom. The molecule has 4 aromatic rings. The molecule has 0 amide bonds. The molecule has 6 nitrogen and oxygen atoms in total. The fourth-order valence-corrected chi connectivity index (χ4v) is 4.33. The minimum Gasteiger partial charge on any atom is -0.439 e. The van der Waals surface area contributed by atoms with E-state index >= 15 is 0 Å². The number of aromatic amines is 1. The fraction of sp³-hybridized carbons (Fsp3) is 0.240. The SMILES string of the molecule is O=C(c1ccc(Oc2ncccc2[C@H]2CC[C@@](O)(C(F)(F)F)C2)cc1)c1nc2ccccc2[nH]1. The number of ether oxygens (including phenoxy) is 1. The van der Waals surface area contributed by atoms with Crippen LogP contribution in [0.1, 0.15) is 46.9 Å². The minimum atomic E-state index is -4.69. The molecule has 0 aliphatic heterocycles. The van der Waals surface area contributed by atoms with E-state index in [0.717, 1.165) is 5.52 Å². The predicted molar refractivity (Wildman–Crippen MR) is 118 cm³/mol. The van der Waals surface area contributed by atoms with Gasteiger partial charge in [0.1, 0.15) is 5.75 Å². The number of fused-ring (bicyclic) bond motifs is 1. The van der Waals surface area contributed by atoms with Crippen molar-refractivity contribution in [2.75, 3.05) is 0 Å². The quantitative estimate of drug-likeness (QED) is 0.376. The first-order chi connectivity index (χ1) is 16.2. The molecule has 2 N–H and O–H groups in total. The monoisotopic (exact) mass is 467 g/mol. The lowest BCUT2D eigenvalue weighted by atomic mass is 9.95. The second kappa shape index (κ2) is 8.25.